The summed E-state index contributed by atoms with van der Waals surface area (Å²) in [4.78, 5) is 11.2. The molecule has 140 valence electrons. The lowest BCUT2D eigenvalue weighted by Gasteiger charge is -2.16. The molecule has 0 saturated carbocycles. The highest BCUT2D eigenvalue weighted by atomic mass is 35.5. The molecule has 0 spiro atoms. The molecule has 0 saturated heterocycles. The Morgan fingerprint density at radius 1 is 0.964 bits per heavy atom. The van der Waals surface area contributed by atoms with Gasteiger partial charge >= 0.3 is 0 Å². The maximum Gasteiger partial charge on any atom is 0.214 e. The van der Waals surface area contributed by atoms with Gasteiger partial charge in [0.25, 0.3) is 0 Å². The van der Waals surface area contributed by atoms with Crippen LogP contribution in [0.15, 0.2) is 78.9 Å². The van der Waals surface area contributed by atoms with Crippen molar-refractivity contribution in [2.24, 2.45) is 0 Å². The van der Waals surface area contributed by atoms with Gasteiger partial charge in [-0.3, -0.25) is 10.1 Å². The molecular weight excluding hydrogens is 376 g/mol. The summed E-state index contributed by atoms with van der Waals surface area (Å²) in [5.74, 6) is -0.541. The summed E-state index contributed by atoms with van der Waals surface area (Å²) in [6.07, 6.45) is 0. The van der Waals surface area contributed by atoms with Gasteiger partial charge in [0.15, 0.2) is 0 Å². The van der Waals surface area contributed by atoms with Crippen LogP contribution in [0.3, 0.4) is 0 Å². The van der Waals surface area contributed by atoms with Gasteiger partial charge in [-0.1, -0.05) is 72.3 Å². The molecule has 4 aromatic rings. The van der Waals surface area contributed by atoms with Crippen molar-refractivity contribution in [3.05, 3.63) is 105 Å². The fourth-order valence-corrected chi connectivity index (χ4v) is 3.81. The molecular formula is C22H17ClN2O3. The van der Waals surface area contributed by atoms with E-state index in [1.54, 1.807) is 30.3 Å². The van der Waals surface area contributed by atoms with Crippen LogP contribution in [-0.2, 0) is 0 Å². The van der Waals surface area contributed by atoms with E-state index in [-0.39, 0.29) is 11.5 Å². The molecule has 28 heavy (non-hydrogen) atoms. The number of rotatable bonds is 5. The van der Waals surface area contributed by atoms with Crippen LogP contribution < -0.4 is 0 Å². The van der Waals surface area contributed by atoms with E-state index < -0.39 is 5.92 Å². The average Bonchev–Trinajstić information content (AvgIpc) is 3.00. The molecule has 1 heterocycles. The molecule has 4 rings (SSSR count). The minimum absolute atomic E-state index is 0.296. The van der Waals surface area contributed by atoms with Gasteiger partial charge in [0.05, 0.1) is 17.1 Å². The van der Waals surface area contributed by atoms with E-state index in [2.05, 4.69) is 0 Å². The Morgan fingerprint density at radius 2 is 1.61 bits per heavy atom. The predicted octanol–water partition coefficient (Wildman–Crippen LogP) is 5.61. The molecule has 1 aromatic heterocycles. The zero-order valence-corrected chi connectivity index (χ0v) is 15.6. The average molecular weight is 393 g/mol. The zero-order chi connectivity index (χ0) is 19.7. The number of para-hydroxylation sites is 1. The van der Waals surface area contributed by atoms with E-state index in [9.17, 15) is 15.3 Å². The first kappa shape index (κ1) is 18.1. The highest BCUT2D eigenvalue weighted by Crippen LogP contribution is 2.40. The first-order chi connectivity index (χ1) is 13.6. The Kier molecular flexibility index (Phi) is 4.75. The van der Waals surface area contributed by atoms with Crippen molar-refractivity contribution in [2.45, 2.75) is 5.92 Å². The molecule has 0 amide bonds. The summed E-state index contributed by atoms with van der Waals surface area (Å²) in [5, 5.41) is 23.8. The molecule has 6 heteroatoms. The number of hydrogen-bond donors (Lipinski definition) is 1. The van der Waals surface area contributed by atoms with Gasteiger partial charge in [0, 0.05) is 26.5 Å². The lowest BCUT2D eigenvalue weighted by atomic mass is 9.87. The fourth-order valence-electron chi connectivity index (χ4n) is 3.68. The molecule has 0 aliphatic rings. The van der Waals surface area contributed by atoms with Gasteiger partial charge in [-0.25, -0.2) is 0 Å². The highest BCUT2D eigenvalue weighted by Gasteiger charge is 2.29. The second kappa shape index (κ2) is 7.37. The van der Waals surface area contributed by atoms with Crippen molar-refractivity contribution in [1.82, 2.24) is 4.73 Å². The number of aromatic nitrogens is 1. The molecule has 0 aliphatic carbocycles. The van der Waals surface area contributed by atoms with E-state index in [1.165, 1.54) is 0 Å². The Bertz CT molecular complexity index is 1140. The standard InChI is InChI=1S/C22H17ClN2O3/c23-17-12-10-15(11-13-17)19(14-24(26)27)21-18-8-4-5-9-20(18)25(28)22(21)16-6-2-1-3-7-16/h1-13,19,28H,14H2/t19-/m1/s1. The van der Waals surface area contributed by atoms with Crippen LogP contribution in [0.1, 0.15) is 17.0 Å². The van der Waals surface area contributed by atoms with Gasteiger partial charge in [-0.05, 0) is 23.8 Å². The number of benzene rings is 3. The molecule has 5 nitrogen and oxygen atoms in total. The Morgan fingerprint density at radius 3 is 2.29 bits per heavy atom. The van der Waals surface area contributed by atoms with E-state index in [0.29, 0.717) is 16.2 Å². The van der Waals surface area contributed by atoms with Crippen LogP contribution >= 0.6 is 11.6 Å². The quantitative estimate of drug-likeness (QED) is 0.273. The molecule has 0 unspecified atom stereocenters. The van der Waals surface area contributed by atoms with E-state index in [1.807, 2.05) is 48.5 Å². The van der Waals surface area contributed by atoms with Crippen LogP contribution in [0, 0.1) is 10.1 Å². The number of hydrogen-bond acceptors (Lipinski definition) is 3. The van der Waals surface area contributed by atoms with Gasteiger partial charge in [-0.15, -0.1) is 0 Å². The van der Waals surface area contributed by atoms with E-state index in [0.717, 1.165) is 26.8 Å². The Labute approximate surface area is 166 Å². The van der Waals surface area contributed by atoms with Crippen molar-refractivity contribution >= 4 is 22.5 Å². The third kappa shape index (κ3) is 3.21. The summed E-state index contributed by atoms with van der Waals surface area (Å²) in [5.41, 5.74) is 3.46. The molecule has 0 fully saturated rings. The number of fused-ring (bicyclic) bond motifs is 1. The fraction of sp³-hybridized carbons (Fsp3) is 0.0909. The normalized spacial score (nSPS) is 12.2. The lowest BCUT2D eigenvalue weighted by Crippen LogP contribution is -2.15. The maximum atomic E-state index is 11.5. The minimum Gasteiger partial charge on any atom is -0.428 e. The summed E-state index contributed by atoms with van der Waals surface area (Å²) in [6, 6.07) is 23.8. The van der Waals surface area contributed by atoms with Crippen LogP contribution in [0.2, 0.25) is 5.02 Å². The van der Waals surface area contributed by atoms with Crippen LogP contribution in [0.4, 0.5) is 0 Å². The van der Waals surface area contributed by atoms with Crippen LogP contribution in [0.5, 0.6) is 0 Å². The Hall–Kier alpha value is -3.31. The van der Waals surface area contributed by atoms with Crippen LogP contribution in [-0.4, -0.2) is 21.4 Å². The van der Waals surface area contributed by atoms with E-state index >= 15 is 0 Å². The monoisotopic (exact) mass is 392 g/mol. The van der Waals surface area contributed by atoms with Crippen molar-refractivity contribution in [3.63, 3.8) is 0 Å². The Balaban J connectivity index is 2.04. The van der Waals surface area contributed by atoms with Crippen molar-refractivity contribution in [3.8, 4) is 11.3 Å². The van der Waals surface area contributed by atoms with Gasteiger partial charge in [0.2, 0.25) is 6.54 Å². The summed E-state index contributed by atoms with van der Waals surface area (Å²) in [6.45, 7) is -0.296. The summed E-state index contributed by atoms with van der Waals surface area (Å²) >= 11 is 6.02. The summed E-state index contributed by atoms with van der Waals surface area (Å²) < 4.78 is 1.13. The first-order valence-electron chi connectivity index (χ1n) is 8.81. The number of nitro groups is 1. The third-order valence-corrected chi connectivity index (χ3v) is 5.14. The second-order valence-corrected chi connectivity index (χ2v) is 7.01. The largest absolute Gasteiger partial charge is 0.428 e. The number of nitrogens with zero attached hydrogens (tertiary/aromatic N) is 2. The van der Waals surface area contributed by atoms with Crippen molar-refractivity contribution in [1.29, 1.82) is 0 Å². The van der Waals surface area contributed by atoms with E-state index in [4.69, 9.17) is 11.6 Å². The molecule has 0 aliphatic heterocycles. The molecule has 1 N–H and O–H groups in total. The molecule has 3 aromatic carbocycles. The van der Waals surface area contributed by atoms with Gasteiger partial charge < -0.3 is 5.21 Å². The van der Waals surface area contributed by atoms with Gasteiger partial charge in [0.1, 0.15) is 0 Å². The first-order valence-corrected chi connectivity index (χ1v) is 9.19. The second-order valence-electron chi connectivity index (χ2n) is 6.58. The predicted molar refractivity (Wildman–Crippen MR) is 110 cm³/mol. The molecule has 1 atom stereocenters. The summed E-state index contributed by atoms with van der Waals surface area (Å²) in [7, 11) is 0. The highest BCUT2D eigenvalue weighted by molar-refractivity contribution is 6.30. The van der Waals surface area contributed by atoms with Crippen molar-refractivity contribution in [2.75, 3.05) is 6.54 Å². The molecule has 0 radical (unpaired) electrons. The number of halogens is 1. The van der Waals surface area contributed by atoms with Crippen molar-refractivity contribution < 1.29 is 10.1 Å². The lowest BCUT2D eigenvalue weighted by molar-refractivity contribution is -0.481. The van der Waals surface area contributed by atoms with Gasteiger partial charge in [-0.2, -0.15) is 4.73 Å². The smallest absolute Gasteiger partial charge is 0.214 e. The maximum absolute atomic E-state index is 11.5. The minimum atomic E-state index is -0.541. The SMILES string of the molecule is O=[N+]([O-])C[C@H](c1ccc(Cl)cc1)c1c(-c2ccccc2)n(O)c2ccccc12. The topological polar surface area (TPSA) is 68.3 Å². The van der Waals surface area contributed by atoms with Crippen LogP contribution in [0.25, 0.3) is 22.2 Å². The molecule has 0 bridgehead atoms. The third-order valence-electron chi connectivity index (χ3n) is 4.89. The zero-order valence-electron chi connectivity index (χ0n) is 14.8.